The van der Waals surface area contributed by atoms with Gasteiger partial charge in [0.05, 0.1) is 16.0 Å². The van der Waals surface area contributed by atoms with E-state index < -0.39 is 68.2 Å². The van der Waals surface area contributed by atoms with Crippen molar-refractivity contribution in [3.8, 4) is 44.5 Å². The first-order valence-corrected chi connectivity index (χ1v) is 27.5. The second kappa shape index (κ2) is 27.3. The van der Waals surface area contributed by atoms with Crippen molar-refractivity contribution in [1.82, 2.24) is 0 Å². The van der Waals surface area contributed by atoms with Crippen molar-refractivity contribution in [2.24, 2.45) is 0 Å². The third-order valence-electron chi connectivity index (χ3n) is 12.7. The van der Waals surface area contributed by atoms with Gasteiger partial charge in [-0.3, -0.25) is 0 Å². The number of benzene rings is 10. The summed E-state index contributed by atoms with van der Waals surface area (Å²) in [5.74, 6) is -8.70. The van der Waals surface area contributed by atoms with Crippen LogP contribution < -0.4 is 0 Å². The highest BCUT2D eigenvalue weighted by molar-refractivity contribution is 7.90. The van der Waals surface area contributed by atoms with Gasteiger partial charge in [0.1, 0.15) is 5.82 Å². The first kappa shape index (κ1) is 64.7. The highest BCUT2D eigenvalue weighted by Crippen LogP contribution is 2.38. The fraction of sp³-hybridized carbons (Fsp3) is 0.147. The van der Waals surface area contributed by atoms with Gasteiger partial charge in [0.25, 0.3) is 0 Å². The van der Waals surface area contributed by atoms with Crippen LogP contribution in [0.2, 0.25) is 0 Å². The lowest BCUT2D eigenvalue weighted by Gasteiger charge is -2.14. The summed E-state index contributed by atoms with van der Waals surface area (Å²) in [7, 11) is -3.02. The summed E-state index contributed by atoms with van der Waals surface area (Å²) in [6.45, 7) is 12.4. The molecule has 0 radical (unpaired) electrons. The zero-order valence-electron chi connectivity index (χ0n) is 46.5. The molecule has 0 spiro atoms. The van der Waals surface area contributed by atoms with E-state index in [1.54, 1.807) is 113 Å². The van der Waals surface area contributed by atoms with Crippen LogP contribution >= 0.6 is 0 Å². The molecule has 0 unspecified atom stereocenters. The summed E-state index contributed by atoms with van der Waals surface area (Å²) in [6, 6.07) is 48.9. The van der Waals surface area contributed by atoms with Crippen LogP contribution in [-0.4, -0.2) is 14.7 Å². The molecule has 0 aliphatic carbocycles. The van der Waals surface area contributed by atoms with E-state index in [2.05, 4.69) is 49.4 Å². The minimum absolute atomic E-state index is 0.0596. The van der Waals surface area contributed by atoms with Crippen LogP contribution in [0.3, 0.4) is 0 Å². The number of sulfone groups is 1. The van der Waals surface area contributed by atoms with Crippen molar-refractivity contribution >= 4 is 20.6 Å². The van der Waals surface area contributed by atoms with E-state index in [9.17, 15) is 65.5 Å². The molecule has 16 heteroatoms. The van der Waals surface area contributed by atoms with Crippen molar-refractivity contribution < 1.29 is 65.5 Å². The van der Waals surface area contributed by atoms with Crippen molar-refractivity contribution in [1.29, 1.82) is 0 Å². The number of fused-ring (bicyclic) bond motifs is 1. The van der Waals surface area contributed by atoms with Crippen LogP contribution in [0.5, 0.6) is 0 Å². The molecule has 0 saturated carbocycles. The van der Waals surface area contributed by atoms with Crippen molar-refractivity contribution in [2.45, 2.75) is 65.7 Å². The Kier molecular flexibility index (Phi) is 21.0. The van der Waals surface area contributed by atoms with Crippen molar-refractivity contribution in [2.75, 3.05) is 6.26 Å². The zero-order valence-corrected chi connectivity index (χ0v) is 47.4. The third kappa shape index (κ3) is 18.0. The van der Waals surface area contributed by atoms with Crippen LogP contribution in [0.25, 0.3) is 55.3 Å². The minimum atomic E-state index is -4.48. The van der Waals surface area contributed by atoms with Crippen LogP contribution in [0.1, 0.15) is 50.1 Å². The number of aryl methyl sites for hydroxylation is 7. The number of alkyl halides is 6. The van der Waals surface area contributed by atoms with Gasteiger partial charge in [0, 0.05) is 6.26 Å². The standard InChI is InChI=1S/C23H18F6.C19H10F6.C11H10.C8H10O2S.C7H7F/c1-13-4-16(18-6-14(2)8-20(11-18)22(24,25)26)10-17(5-13)19-7-15(3)9-21(12-19)23(27,28)29;1-9-2-10(12-5-14(20)18(24)15(21)6-12)4-11(3-9)13-7-16(22)19(25)17(23)8-13;1-9-6-7-10-4-2-3-5-11(10)8-9;1-7-3-5-8(6-4-7)11(2,9)10;1-6-4-2-3-5-7(6)8/h4-12H,1-3H3;2-8H,1H3;2-8H,1H3;3-6H,1-2H3;2-5H,1H3. The first-order valence-electron chi connectivity index (χ1n) is 25.6. The predicted octanol–water partition coefficient (Wildman–Crippen LogP) is 20.8. The summed E-state index contributed by atoms with van der Waals surface area (Å²) in [6.07, 6.45) is -7.76. The molecular weight excluding hydrogens is 1130 g/mol. The average Bonchev–Trinajstić information content (AvgIpc) is 2.42. The second-order valence-corrected chi connectivity index (χ2v) is 22.1. The van der Waals surface area contributed by atoms with E-state index in [4.69, 9.17) is 0 Å². The maximum absolute atomic E-state index is 13.4. The van der Waals surface area contributed by atoms with Crippen molar-refractivity contribution in [3.05, 3.63) is 279 Å². The van der Waals surface area contributed by atoms with Gasteiger partial charge in [0.15, 0.2) is 44.7 Å². The van der Waals surface area contributed by atoms with Gasteiger partial charge in [0.2, 0.25) is 0 Å². The van der Waals surface area contributed by atoms with Gasteiger partial charge in [-0.2, -0.15) is 26.3 Å². The summed E-state index contributed by atoms with van der Waals surface area (Å²) in [5, 5.41) is 2.64. The van der Waals surface area contributed by atoms with Gasteiger partial charge in [-0.15, -0.1) is 0 Å². The third-order valence-corrected chi connectivity index (χ3v) is 13.8. The molecule has 436 valence electrons. The number of halogens is 13. The van der Waals surface area contributed by atoms with Crippen LogP contribution in [0.4, 0.5) is 57.1 Å². The molecule has 0 amide bonds. The van der Waals surface area contributed by atoms with E-state index in [1.807, 2.05) is 13.0 Å². The predicted molar refractivity (Wildman–Crippen MR) is 307 cm³/mol. The van der Waals surface area contributed by atoms with Crippen LogP contribution in [0, 0.1) is 89.2 Å². The maximum Gasteiger partial charge on any atom is 0.416 e. The topological polar surface area (TPSA) is 34.1 Å². The summed E-state index contributed by atoms with van der Waals surface area (Å²) in [4.78, 5) is 0.378. The highest BCUT2D eigenvalue weighted by Gasteiger charge is 2.32. The molecule has 0 heterocycles. The lowest BCUT2D eigenvalue weighted by Crippen LogP contribution is -2.05. The first-order chi connectivity index (χ1) is 39.2. The lowest BCUT2D eigenvalue weighted by atomic mass is 9.93. The second-order valence-electron chi connectivity index (χ2n) is 20.0. The number of rotatable bonds is 5. The fourth-order valence-electron chi connectivity index (χ4n) is 8.55. The van der Waals surface area contributed by atoms with Gasteiger partial charge in [-0.1, -0.05) is 120 Å². The number of hydrogen-bond acceptors (Lipinski definition) is 2. The molecule has 0 aromatic heterocycles. The Hall–Kier alpha value is -8.50. The Balaban J connectivity index is 0.000000183. The summed E-state index contributed by atoms with van der Waals surface area (Å²) < 4.78 is 193. The molecule has 0 saturated heterocycles. The number of hydrogen-bond donors (Lipinski definition) is 0. The summed E-state index contributed by atoms with van der Waals surface area (Å²) >= 11 is 0. The Morgan fingerprint density at radius 1 is 0.298 bits per heavy atom. The van der Waals surface area contributed by atoms with E-state index in [-0.39, 0.29) is 16.9 Å². The summed E-state index contributed by atoms with van der Waals surface area (Å²) in [5.41, 5.74) is 6.37. The quantitative estimate of drug-likeness (QED) is 0.127. The Morgan fingerprint density at radius 3 is 0.964 bits per heavy atom. The molecule has 2 nitrogen and oxygen atoms in total. The molecule has 0 fully saturated rings. The molecule has 10 aromatic carbocycles. The van der Waals surface area contributed by atoms with Crippen LogP contribution in [-0.2, 0) is 22.2 Å². The van der Waals surface area contributed by atoms with Gasteiger partial charge >= 0.3 is 12.4 Å². The van der Waals surface area contributed by atoms with Gasteiger partial charge < -0.3 is 0 Å². The van der Waals surface area contributed by atoms with E-state index in [1.165, 1.54) is 34.7 Å². The molecule has 0 aliphatic heterocycles. The minimum Gasteiger partial charge on any atom is -0.224 e. The molecule has 0 bridgehead atoms. The molecule has 10 rings (SSSR count). The largest absolute Gasteiger partial charge is 0.416 e. The SMILES string of the molecule is Cc1cc(-c2cc(C)cc(C(F)(F)F)c2)cc(-c2cc(C)cc(C(F)(F)F)c2)c1.Cc1cc(-c2cc(F)c(F)c(F)c2)cc(-c2cc(F)c(F)c(F)c2)c1.Cc1ccc(S(C)(=O)=O)cc1.Cc1ccc2ccccc2c1.Cc1ccccc1F. The lowest BCUT2D eigenvalue weighted by molar-refractivity contribution is -0.138. The van der Waals surface area contributed by atoms with E-state index >= 15 is 0 Å². The van der Waals surface area contributed by atoms with E-state index in [0.29, 0.717) is 60.5 Å². The molecule has 0 atom stereocenters. The van der Waals surface area contributed by atoms with Gasteiger partial charge in [-0.25, -0.2) is 39.2 Å². The molecular formula is C68H55F13O2S. The molecule has 84 heavy (non-hydrogen) atoms. The molecule has 10 aromatic rings. The fourth-order valence-corrected chi connectivity index (χ4v) is 9.18. The monoisotopic (exact) mass is 1180 g/mol. The average molecular weight is 1180 g/mol. The Bertz CT molecular complexity index is 3850. The Labute approximate surface area is 479 Å². The van der Waals surface area contributed by atoms with Crippen molar-refractivity contribution in [3.63, 3.8) is 0 Å². The zero-order chi connectivity index (χ0) is 62.0. The maximum atomic E-state index is 13.4. The highest BCUT2D eigenvalue weighted by atomic mass is 32.2. The van der Waals surface area contributed by atoms with E-state index in [0.717, 1.165) is 59.7 Å². The normalized spacial score (nSPS) is 11.2. The smallest absolute Gasteiger partial charge is 0.224 e. The molecule has 0 aliphatic rings. The van der Waals surface area contributed by atoms with Gasteiger partial charge in [-0.05, 0) is 210 Å². The Morgan fingerprint density at radius 2 is 0.619 bits per heavy atom. The molecule has 0 N–H and O–H groups in total. The van der Waals surface area contributed by atoms with Crippen LogP contribution in [0.15, 0.2) is 193 Å².